The van der Waals surface area contributed by atoms with Gasteiger partial charge in [-0.2, -0.15) is 0 Å². The molecule has 0 aromatic heterocycles. The maximum absolute atomic E-state index is 5.79. The Kier molecular flexibility index (Phi) is 5.33. The molecular weight excluding hydrogens is 198 g/mol. The highest BCUT2D eigenvalue weighted by Gasteiger charge is 2.04. The predicted molar refractivity (Wildman–Crippen MR) is 69.1 cm³/mol. The minimum atomic E-state index is 0.245. The van der Waals surface area contributed by atoms with Gasteiger partial charge in [0.25, 0.3) is 0 Å². The molecule has 2 heteroatoms. The molecule has 0 aliphatic rings. The molecule has 1 aromatic carbocycles. The Morgan fingerprint density at radius 2 is 1.88 bits per heavy atom. The second-order valence-electron chi connectivity index (χ2n) is 4.68. The molecule has 90 valence electrons. The Balaban J connectivity index is 2.56. The summed E-state index contributed by atoms with van der Waals surface area (Å²) < 4.78 is 5.79. The van der Waals surface area contributed by atoms with Crippen LogP contribution in [0.1, 0.15) is 25.8 Å². The molecule has 0 saturated heterocycles. The van der Waals surface area contributed by atoms with Crippen LogP contribution >= 0.6 is 0 Å². The summed E-state index contributed by atoms with van der Waals surface area (Å²) in [7, 11) is 4.22. The van der Waals surface area contributed by atoms with Crippen LogP contribution in [0.15, 0.2) is 24.3 Å². The SMILES string of the molecule is CC(C)Oc1ccccc1CCCN(C)C. The number of rotatable bonds is 6. The van der Waals surface area contributed by atoms with Gasteiger partial charge in [-0.15, -0.1) is 0 Å². The third-order valence-corrected chi connectivity index (χ3v) is 2.39. The topological polar surface area (TPSA) is 12.5 Å². The van der Waals surface area contributed by atoms with Gasteiger partial charge in [0.1, 0.15) is 5.75 Å². The average molecular weight is 221 g/mol. The highest BCUT2D eigenvalue weighted by molar-refractivity contribution is 5.33. The lowest BCUT2D eigenvalue weighted by Crippen LogP contribution is -2.14. The van der Waals surface area contributed by atoms with Crippen molar-refractivity contribution >= 4 is 0 Å². The van der Waals surface area contributed by atoms with Crippen LogP contribution in [0, 0.1) is 0 Å². The summed E-state index contributed by atoms with van der Waals surface area (Å²) >= 11 is 0. The van der Waals surface area contributed by atoms with Crippen LogP contribution in [0.3, 0.4) is 0 Å². The first-order chi connectivity index (χ1) is 7.59. The van der Waals surface area contributed by atoms with E-state index in [0.717, 1.165) is 18.7 Å². The lowest BCUT2D eigenvalue weighted by atomic mass is 10.1. The van der Waals surface area contributed by atoms with E-state index in [1.54, 1.807) is 0 Å². The maximum atomic E-state index is 5.79. The Morgan fingerprint density at radius 1 is 1.19 bits per heavy atom. The van der Waals surface area contributed by atoms with Crippen molar-refractivity contribution in [2.45, 2.75) is 32.8 Å². The van der Waals surface area contributed by atoms with E-state index in [-0.39, 0.29) is 6.10 Å². The van der Waals surface area contributed by atoms with Gasteiger partial charge >= 0.3 is 0 Å². The van der Waals surface area contributed by atoms with Crippen molar-refractivity contribution in [3.8, 4) is 5.75 Å². The molecule has 0 atom stereocenters. The number of hydrogen-bond donors (Lipinski definition) is 0. The number of nitrogens with zero attached hydrogens (tertiary/aromatic N) is 1. The second kappa shape index (κ2) is 6.54. The molecule has 0 radical (unpaired) electrons. The average Bonchev–Trinajstić information content (AvgIpc) is 2.19. The summed E-state index contributed by atoms with van der Waals surface area (Å²) in [4.78, 5) is 2.21. The van der Waals surface area contributed by atoms with E-state index in [0.29, 0.717) is 0 Å². The van der Waals surface area contributed by atoms with E-state index in [9.17, 15) is 0 Å². The summed E-state index contributed by atoms with van der Waals surface area (Å²) in [6.45, 7) is 5.25. The van der Waals surface area contributed by atoms with Crippen LogP contribution in [0.5, 0.6) is 5.75 Å². The standard InChI is InChI=1S/C14H23NO/c1-12(2)16-14-10-6-5-8-13(14)9-7-11-15(3)4/h5-6,8,10,12H,7,9,11H2,1-4H3. The van der Waals surface area contributed by atoms with Gasteiger partial charge in [-0.3, -0.25) is 0 Å². The maximum Gasteiger partial charge on any atom is 0.122 e. The van der Waals surface area contributed by atoms with Gasteiger partial charge in [0.05, 0.1) is 6.10 Å². The largest absolute Gasteiger partial charge is 0.491 e. The molecule has 0 fully saturated rings. The van der Waals surface area contributed by atoms with Gasteiger partial charge in [-0.1, -0.05) is 18.2 Å². The number of ether oxygens (including phenoxy) is 1. The summed E-state index contributed by atoms with van der Waals surface area (Å²) in [6.07, 6.45) is 2.50. The van der Waals surface area contributed by atoms with Crippen LogP contribution in [-0.4, -0.2) is 31.6 Å². The first-order valence-electron chi connectivity index (χ1n) is 5.99. The minimum Gasteiger partial charge on any atom is -0.491 e. The minimum absolute atomic E-state index is 0.245. The Morgan fingerprint density at radius 3 is 2.50 bits per heavy atom. The number of para-hydroxylation sites is 1. The molecule has 0 saturated carbocycles. The molecule has 16 heavy (non-hydrogen) atoms. The summed E-state index contributed by atoms with van der Waals surface area (Å²) in [5, 5.41) is 0. The highest BCUT2D eigenvalue weighted by Crippen LogP contribution is 2.20. The van der Waals surface area contributed by atoms with Crippen molar-refractivity contribution in [1.82, 2.24) is 4.90 Å². The van der Waals surface area contributed by atoms with Gasteiger partial charge in [-0.05, 0) is 59.0 Å². The summed E-state index contributed by atoms with van der Waals surface area (Å²) in [5.74, 6) is 1.04. The third-order valence-electron chi connectivity index (χ3n) is 2.39. The zero-order valence-electron chi connectivity index (χ0n) is 10.9. The zero-order chi connectivity index (χ0) is 12.0. The van der Waals surface area contributed by atoms with E-state index < -0.39 is 0 Å². The normalized spacial score (nSPS) is 11.1. The number of benzene rings is 1. The molecule has 0 amide bonds. The van der Waals surface area contributed by atoms with Crippen LogP contribution in [0.2, 0.25) is 0 Å². The Hall–Kier alpha value is -1.02. The van der Waals surface area contributed by atoms with E-state index in [4.69, 9.17) is 4.74 Å². The van der Waals surface area contributed by atoms with Crippen molar-refractivity contribution < 1.29 is 4.74 Å². The molecule has 1 rings (SSSR count). The third kappa shape index (κ3) is 4.67. The zero-order valence-corrected chi connectivity index (χ0v) is 10.9. The van der Waals surface area contributed by atoms with Gasteiger partial charge < -0.3 is 9.64 Å². The van der Waals surface area contributed by atoms with E-state index in [1.807, 2.05) is 6.07 Å². The molecule has 2 nitrogen and oxygen atoms in total. The fraction of sp³-hybridized carbons (Fsp3) is 0.571. The lowest BCUT2D eigenvalue weighted by Gasteiger charge is -2.15. The predicted octanol–water partition coefficient (Wildman–Crippen LogP) is 2.97. The second-order valence-corrected chi connectivity index (χ2v) is 4.68. The quantitative estimate of drug-likeness (QED) is 0.732. The van der Waals surface area contributed by atoms with Crippen LogP contribution in [0.4, 0.5) is 0 Å². The summed E-state index contributed by atoms with van der Waals surface area (Å²) in [5.41, 5.74) is 1.32. The van der Waals surface area contributed by atoms with Gasteiger partial charge in [0.15, 0.2) is 0 Å². The van der Waals surface area contributed by atoms with Crippen LogP contribution < -0.4 is 4.74 Å². The molecule has 0 aliphatic carbocycles. The highest BCUT2D eigenvalue weighted by atomic mass is 16.5. The fourth-order valence-corrected chi connectivity index (χ4v) is 1.67. The first kappa shape index (κ1) is 13.0. The Labute approximate surface area is 99.2 Å². The lowest BCUT2D eigenvalue weighted by molar-refractivity contribution is 0.239. The molecule has 0 aliphatic heterocycles. The molecule has 0 N–H and O–H groups in total. The van der Waals surface area contributed by atoms with Gasteiger partial charge in [0, 0.05) is 0 Å². The van der Waals surface area contributed by atoms with Crippen molar-refractivity contribution in [2.24, 2.45) is 0 Å². The molecule has 0 heterocycles. The van der Waals surface area contributed by atoms with Crippen molar-refractivity contribution in [1.29, 1.82) is 0 Å². The van der Waals surface area contributed by atoms with E-state index in [2.05, 4.69) is 51.0 Å². The molecule has 0 bridgehead atoms. The summed E-state index contributed by atoms with van der Waals surface area (Å²) in [6, 6.07) is 8.34. The first-order valence-corrected chi connectivity index (χ1v) is 5.99. The van der Waals surface area contributed by atoms with Gasteiger partial charge in [-0.25, -0.2) is 0 Å². The van der Waals surface area contributed by atoms with E-state index in [1.165, 1.54) is 12.0 Å². The van der Waals surface area contributed by atoms with Crippen LogP contribution in [-0.2, 0) is 6.42 Å². The van der Waals surface area contributed by atoms with Crippen LogP contribution in [0.25, 0.3) is 0 Å². The molecule has 0 spiro atoms. The fourth-order valence-electron chi connectivity index (χ4n) is 1.67. The Bertz CT molecular complexity index is 307. The van der Waals surface area contributed by atoms with Crippen molar-refractivity contribution in [2.75, 3.05) is 20.6 Å². The van der Waals surface area contributed by atoms with Gasteiger partial charge in [0.2, 0.25) is 0 Å². The van der Waals surface area contributed by atoms with Crippen molar-refractivity contribution in [3.63, 3.8) is 0 Å². The molecular formula is C14H23NO. The number of aryl methyl sites for hydroxylation is 1. The van der Waals surface area contributed by atoms with Crippen molar-refractivity contribution in [3.05, 3.63) is 29.8 Å². The monoisotopic (exact) mass is 221 g/mol. The molecule has 1 aromatic rings. The molecule has 0 unspecified atom stereocenters. The van der Waals surface area contributed by atoms with E-state index >= 15 is 0 Å². The number of hydrogen-bond acceptors (Lipinski definition) is 2. The smallest absolute Gasteiger partial charge is 0.122 e.